The van der Waals surface area contributed by atoms with Gasteiger partial charge in [0.15, 0.2) is 0 Å². The molecular formula is C13H15FN2O. The number of hydrogen-bond acceptors (Lipinski definition) is 1. The van der Waals surface area contributed by atoms with Gasteiger partial charge in [0.25, 0.3) is 5.91 Å². The summed E-state index contributed by atoms with van der Waals surface area (Å²) in [5.41, 5.74) is 1.03. The molecule has 2 rings (SSSR count). The van der Waals surface area contributed by atoms with Crippen LogP contribution in [-0.4, -0.2) is 17.4 Å². The van der Waals surface area contributed by atoms with E-state index in [-0.39, 0.29) is 11.7 Å². The molecule has 0 saturated carbocycles. The van der Waals surface area contributed by atoms with Crippen LogP contribution in [0.4, 0.5) is 4.39 Å². The van der Waals surface area contributed by atoms with E-state index in [1.807, 2.05) is 13.8 Å². The maximum Gasteiger partial charge on any atom is 0.267 e. The van der Waals surface area contributed by atoms with Crippen LogP contribution < -0.4 is 5.32 Å². The Labute approximate surface area is 99.0 Å². The number of H-pyrrole nitrogens is 1. The van der Waals surface area contributed by atoms with Gasteiger partial charge in [-0.3, -0.25) is 4.79 Å². The van der Waals surface area contributed by atoms with Crippen molar-refractivity contribution in [3.8, 4) is 0 Å². The fourth-order valence-corrected chi connectivity index (χ4v) is 1.63. The first-order chi connectivity index (χ1) is 8.08. The third-order valence-corrected chi connectivity index (χ3v) is 2.53. The van der Waals surface area contributed by atoms with E-state index in [9.17, 15) is 9.18 Å². The molecule has 0 fully saturated rings. The molecule has 0 bridgehead atoms. The topological polar surface area (TPSA) is 44.9 Å². The summed E-state index contributed by atoms with van der Waals surface area (Å²) in [4.78, 5) is 14.7. The summed E-state index contributed by atoms with van der Waals surface area (Å²) in [6.45, 7) is 4.65. The first-order valence-corrected chi connectivity index (χ1v) is 5.63. The Balaban J connectivity index is 2.24. The van der Waals surface area contributed by atoms with Crippen molar-refractivity contribution in [1.82, 2.24) is 10.3 Å². The second-order valence-corrected chi connectivity index (χ2v) is 4.49. The van der Waals surface area contributed by atoms with Gasteiger partial charge in [-0.25, -0.2) is 4.39 Å². The van der Waals surface area contributed by atoms with Gasteiger partial charge >= 0.3 is 0 Å². The minimum atomic E-state index is -0.318. The van der Waals surface area contributed by atoms with E-state index in [4.69, 9.17) is 0 Å². The molecule has 17 heavy (non-hydrogen) atoms. The molecule has 0 atom stereocenters. The summed E-state index contributed by atoms with van der Waals surface area (Å²) < 4.78 is 13.4. The van der Waals surface area contributed by atoms with E-state index >= 15 is 0 Å². The summed E-state index contributed by atoms with van der Waals surface area (Å²) in [5.74, 6) is -0.129. The molecule has 2 aromatic rings. The minimum absolute atomic E-state index is 0.200. The number of carbonyl (C=O) groups is 1. The number of aromatic nitrogens is 1. The molecule has 2 N–H and O–H groups in total. The lowest BCUT2D eigenvalue weighted by Crippen LogP contribution is -2.27. The van der Waals surface area contributed by atoms with Crippen LogP contribution in [-0.2, 0) is 0 Å². The molecule has 1 aromatic heterocycles. The highest BCUT2D eigenvalue weighted by Gasteiger charge is 2.11. The fraction of sp³-hybridized carbons (Fsp3) is 0.308. The Morgan fingerprint density at radius 1 is 1.47 bits per heavy atom. The Morgan fingerprint density at radius 3 is 2.88 bits per heavy atom. The molecular weight excluding hydrogens is 219 g/mol. The van der Waals surface area contributed by atoms with E-state index in [2.05, 4.69) is 10.3 Å². The zero-order valence-corrected chi connectivity index (χ0v) is 9.88. The molecule has 1 amide bonds. The third kappa shape index (κ3) is 2.46. The normalized spacial score (nSPS) is 11.1. The fourth-order valence-electron chi connectivity index (χ4n) is 1.63. The monoisotopic (exact) mass is 234 g/mol. The maximum absolute atomic E-state index is 13.4. The van der Waals surface area contributed by atoms with Gasteiger partial charge < -0.3 is 10.3 Å². The predicted octanol–water partition coefficient (Wildman–Crippen LogP) is 2.69. The van der Waals surface area contributed by atoms with Crippen molar-refractivity contribution in [3.63, 3.8) is 0 Å². The first kappa shape index (κ1) is 11.6. The second-order valence-electron chi connectivity index (χ2n) is 4.49. The molecule has 0 spiro atoms. The molecule has 0 aliphatic heterocycles. The number of carbonyl (C=O) groups excluding carboxylic acids is 1. The highest BCUT2D eigenvalue weighted by molar-refractivity contribution is 5.98. The summed E-state index contributed by atoms with van der Waals surface area (Å²) in [5, 5.41) is 3.23. The number of benzene rings is 1. The Bertz CT molecular complexity index is 545. The van der Waals surface area contributed by atoms with Gasteiger partial charge in [0.1, 0.15) is 11.5 Å². The lowest BCUT2D eigenvalue weighted by molar-refractivity contribution is 0.0945. The molecule has 0 radical (unpaired) electrons. The van der Waals surface area contributed by atoms with Crippen LogP contribution in [0.5, 0.6) is 0 Å². The molecule has 0 aliphatic carbocycles. The molecule has 90 valence electrons. The molecule has 0 aliphatic rings. The highest BCUT2D eigenvalue weighted by Crippen LogP contribution is 2.18. The van der Waals surface area contributed by atoms with Gasteiger partial charge in [-0.1, -0.05) is 19.9 Å². The second kappa shape index (κ2) is 4.57. The molecule has 4 heteroatoms. The van der Waals surface area contributed by atoms with Gasteiger partial charge in [-0.15, -0.1) is 0 Å². The van der Waals surface area contributed by atoms with E-state index in [0.717, 1.165) is 0 Å². The van der Waals surface area contributed by atoms with Crippen LogP contribution in [0.3, 0.4) is 0 Å². The average molecular weight is 234 g/mol. The molecule has 0 unspecified atom stereocenters. The number of hydrogen-bond donors (Lipinski definition) is 2. The Morgan fingerprint density at radius 2 is 2.24 bits per heavy atom. The van der Waals surface area contributed by atoms with Crippen molar-refractivity contribution >= 4 is 16.8 Å². The minimum Gasteiger partial charge on any atom is -0.351 e. The van der Waals surface area contributed by atoms with Gasteiger partial charge in [0, 0.05) is 17.4 Å². The van der Waals surface area contributed by atoms with Crippen LogP contribution in [0.25, 0.3) is 10.9 Å². The number of nitrogens with one attached hydrogen (secondary N) is 2. The standard InChI is InChI=1S/C13H15FN2O/c1-8(2)7-15-13(17)12-6-9-10(14)4-3-5-11(9)16-12/h3-6,8,16H,7H2,1-2H3,(H,15,17). The zero-order chi connectivity index (χ0) is 12.4. The van der Waals surface area contributed by atoms with Gasteiger partial charge in [-0.05, 0) is 24.1 Å². The maximum atomic E-state index is 13.4. The van der Waals surface area contributed by atoms with Crippen molar-refractivity contribution in [2.24, 2.45) is 5.92 Å². The number of fused-ring (bicyclic) bond motifs is 1. The smallest absolute Gasteiger partial charge is 0.267 e. The number of aromatic amines is 1. The lowest BCUT2D eigenvalue weighted by Gasteiger charge is -2.05. The van der Waals surface area contributed by atoms with E-state index in [0.29, 0.717) is 29.1 Å². The van der Waals surface area contributed by atoms with Crippen LogP contribution in [0.15, 0.2) is 24.3 Å². The number of rotatable bonds is 3. The summed E-state index contributed by atoms with van der Waals surface area (Å²) in [6.07, 6.45) is 0. The Kier molecular flexibility index (Phi) is 3.13. The lowest BCUT2D eigenvalue weighted by atomic mass is 10.2. The van der Waals surface area contributed by atoms with Crippen molar-refractivity contribution < 1.29 is 9.18 Å². The summed E-state index contributed by atoms with van der Waals surface area (Å²) in [6, 6.07) is 6.29. The zero-order valence-electron chi connectivity index (χ0n) is 9.88. The van der Waals surface area contributed by atoms with Gasteiger partial charge in [0.05, 0.1) is 0 Å². The summed E-state index contributed by atoms with van der Waals surface area (Å²) in [7, 11) is 0. The molecule has 0 saturated heterocycles. The molecule has 3 nitrogen and oxygen atoms in total. The largest absolute Gasteiger partial charge is 0.351 e. The van der Waals surface area contributed by atoms with E-state index in [1.54, 1.807) is 18.2 Å². The van der Waals surface area contributed by atoms with Crippen LogP contribution >= 0.6 is 0 Å². The average Bonchev–Trinajstić information content (AvgIpc) is 2.71. The van der Waals surface area contributed by atoms with Crippen molar-refractivity contribution in [1.29, 1.82) is 0 Å². The van der Waals surface area contributed by atoms with Crippen molar-refractivity contribution in [3.05, 3.63) is 35.8 Å². The van der Waals surface area contributed by atoms with Crippen LogP contribution in [0.2, 0.25) is 0 Å². The van der Waals surface area contributed by atoms with Crippen LogP contribution in [0.1, 0.15) is 24.3 Å². The quantitative estimate of drug-likeness (QED) is 0.842. The predicted molar refractivity (Wildman–Crippen MR) is 65.4 cm³/mol. The van der Waals surface area contributed by atoms with E-state index in [1.165, 1.54) is 6.07 Å². The number of halogens is 1. The molecule has 1 aromatic carbocycles. The van der Waals surface area contributed by atoms with Crippen molar-refractivity contribution in [2.45, 2.75) is 13.8 Å². The SMILES string of the molecule is CC(C)CNC(=O)c1cc2c(F)cccc2[nH]1. The van der Waals surface area contributed by atoms with E-state index < -0.39 is 0 Å². The Hall–Kier alpha value is -1.84. The van der Waals surface area contributed by atoms with Gasteiger partial charge in [-0.2, -0.15) is 0 Å². The van der Waals surface area contributed by atoms with Gasteiger partial charge in [0.2, 0.25) is 0 Å². The molecule has 1 heterocycles. The summed E-state index contributed by atoms with van der Waals surface area (Å²) >= 11 is 0. The van der Waals surface area contributed by atoms with Crippen molar-refractivity contribution in [2.75, 3.05) is 6.54 Å². The first-order valence-electron chi connectivity index (χ1n) is 5.63. The number of amides is 1. The highest BCUT2D eigenvalue weighted by atomic mass is 19.1. The van der Waals surface area contributed by atoms with Crippen LogP contribution in [0, 0.1) is 11.7 Å². The third-order valence-electron chi connectivity index (χ3n) is 2.53.